The highest BCUT2D eigenvalue weighted by atomic mass is 16.5. The number of nitrogens with zero attached hydrogens (tertiary/aromatic N) is 1. The fourth-order valence-electron chi connectivity index (χ4n) is 2.33. The molecule has 0 atom stereocenters. The van der Waals surface area contributed by atoms with Crippen molar-refractivity contribution in [1.29, 1.82) is 0 Å². The molecule has 21 heavy (non-hydrogen) atoms. The van der Waals surface area contributed by atoms with Crippen LogP contribution < -0.4 is 10.1 Å². The van der Waals surface area contributed by atoms with Gasteiger partial charge in [-0.05, 0) is 32.0 Å². The van der Waals surface area contributed by atoms with Crippen molar-refractivity contribution in [2.75, 3.05) is 26.2 Å². The van der Waals surface area contributed by atoms with Gasteiger partial charge < -0.3 is 15.2 Å². The first-order chi connectivity index (χ1) is 9.91. The van der Waals surface area contributed by atoms with Crippen LogP contribution in [0.5, 0.6) is 5.75 Å². The lowest BCUT2D eigenvalue weighted by atomic mass is 9.99. The van der Waals surface area contributed by atoms with Gasteiger partial charge in [0.25, 0.3) is 0 Å². The molecule has 1 amide bonds. The Hall–Kier alpha value is -2.08. The third-order valence-electron chi connectivity index (χ3n) is 3.72. The molecule has 0 aromatic heterocycles. The van der Waals surface area contributed by atoms with Gasteiger partial charge in [0.15, 0.2) is 0 Å². The summed E-state index contributed by atoms with van der Waals surface area (Å²) in [6.07, 6.45) is 0. The highest BCUT2D eigenvalue weighted by Crippen LogP contribution is 2.18. The summed E-state index contributed by atoms with van der Waals surface area (Å²) in [5.41, 5.74) is -0.352. The van der Waals surface area contributed by atoms with Crippen molar-refractivity contribution in [1.82, 2.24) is 10.2 Å². The van der Waals surface area contributed by atoms with Gasteiger partial charge in [0.2, 0.25) is 5.91 Å². The number of ether oxygens (including phenoxy) is 1. The minimum atomic E-state index is -0.978. The van der Waals surface area contributed by atoms with Gasteiger partial charge in [-0.3, -0.25) is 9.69 Å². The zero-order chi connectivity index (χ0) is 15.5. The molecule has 1 heterocycles. The second-order valence-electron chi connectivity index (χ2n) is 5.48. The van der Waals surface area contributed by atoms with Gasteiger partial charge in [-0.25, -0.2) is 4.79 Å². The van der Waals surface area contributed by atoms with E-state index < -0.39 is 11.5 Å². The van der Waals surface area contributed by atoms with E-state index in [9.17, 15) is 9.59 Å². The number of carboxylic acid groups (broad SMARTS) is 1. The maximum absolute atomic E-state index is 11.8. The SMILES string of the molecule is CC1(C)C(=O)NCCN1CCOc1cccc(C(=O)O)c1. The average Bonchev–Trinajstić information content (AvgIpc) is 2.44. The maximum atomic E-state index is 11.8. The molecule has 1 aromatic carbocycles. The average molecular weight is 292 g/mol. The molecule has 6 nitrogen and oxygen atoms in total. The molecule has 0 radical (unpaired) electrons. The summed E-state index contributed by atoms with van der Waals surface area (Å²) < 4.78 is 5.59. The molecule has 0 aliphatic carbocycles. The Morgan fingerprint density at radius 3 is 2.95 bits per heavy atom. The number of rotatable bonds is 5. The van der Waals surface area contributed by atoms with Crippen LogP contribution in [0.1, 0.15) is 24.2 Å². The lowest BCUT2D eigenvalue weighted by Crippen LogP contribution is -2.62. The van der Waals surface area contributed by atoms with Gasteiger partial charge in [-0.15, -0.1) is 0 Å². The molecule has 2 rings (SSSR count). The molecule has 2 N–H and O–H groups in total. The maximum Gasteiger partial charge on any atom is 0.335 e. The fraction of sp³-hybridized carbons (Fsp3) is 0.467. The zero-order valence-corrected chi connectivity index (χ0v) is 12.3. The van der Waals surface area contributed by atoms with Crippen LogP contribution in [0.25, 0.3) is 0 Å². The quantitative estimate of drug-likeness (QED) is 0.845. The van der Waals surface area contributed by atoms with E-state index in [1.165, 1.54) is 12.1 Å². The zero-order valence-electron chi connectivity index (χ0n) is 12.3. The molecule has 0 saturated carbocycles. The summed E-state index contributed by atoms with van der Waals surface area (Å²) in [6, 6.07) is 6.39. The van der Waals surface area contributed by atoms with Crippen LogP contribution in [0.15, 0.2) is 24.3 Å². The van der Waals surface area contributed by atoms with Crippen molar-refractivity contribution in [3.63, 3.8) is 0 Å². The predicted molar refractivity (Wildman–Crippen MR) is 77.6 cm³/mol. The van der Waals surface area contributed by atoms with E-state index in [4.69, 9.17) is 9.84 Å². The van der Waals surface area contributed by atoms with Crippen molar-refractivity contribution in [2.45, 2.75) is 19.4 Å². The van der Waals surface area contributed by atoms with Crippen molar-refractivity contribution in [2.24, 2.45) is 0 Å². The van der Waals surface area contributed by atoms with Crippen LogP contribution in [-0.2, 0) is 4.79 Å². The van der Waals surface area contributed by atoms with Gasteiger partial charge in [-0.2, -0.15) is 0 Å². The molecular weight excluding hydrogens is 272 g/mol. The van der Waals surface area contributed by atoms with Crippen molar-refractivity contribution in [3.05, 3.63) is 29.8 Å². The summed E-state index contributed by atoms with van der Waals surface area (Å²) >= 11 is 0. The summed E-state index contributed by atoms with van der Waals surface area (Å²) in [7, 11) is 0. The van der Waals surface area contributed by atoms with Gasteiger partial charge in [0.1, 0.15) is 12.4 Å². The van der Waals surface area contributed by atoms with Crippen molar-refractivity contribution >= 4 is 11.9 Å². The summed E-state index contributed by atoms with van der Waals surface area (Å²) in [5, 5.41) is 11.8. The third-order valence-corrected chi connectivity index (χ3v) is 3.72. The number of carbonyl (C=O) groups is 2. The molecular formula is C15H20N2O4. The van der Waals surface area contributed by atoms with E-state index in [-0.39, 0.29) is 11.5 Å². The minimum absolute atomic E-state index is 0.0154. The first-order valence-electron chi connectivity index (χ1n) is 6.91. The number of amides is 1. The van der Waals surface area contributed by atoms with Crippen LogP contribution in [0.4, 0.5) is 0 Å². The second kappa shape index (κ2) is 6.13. The summed E-state index contributed by atoms with van der Waals surface area (Å²) in [5.74, 6) is -0.440. The lowest BCUT2D eigenvalue weighted by Gasteiger charge is -2.41. The Bertz CT molecular complexity index is 542. The number of carbonyl (C=O) groups excluding carboxylic acids is 1. The highest BCUT2D eigenvalue weighted by Gasteiger charge is 2.37. The van der Waals surface area contributed by atoms with E-state index in [0.717, 1.165) is 6.54 Å². The van der Waals surface area contributed by atoms with E-state index >= 15 is 0 Å². The standard InChI is InChI=1S/C15H20N2O4/c1-15(2)14(20)16-6-7-17(15)8-9-21-12-5-3-4-11(10-12)13(18)19/h3-5,10H,6-9H2,1-2H3,(H,16,20)(H,18,19). The Kier molecular flexibility index (Phi) is 4.47. The van der Waals surface area contributed by atoms with Crippen LogP contribution in [-0.4, -0.2) is 53.7 Å². The first kappa shape index (κ1) is 15.3. The van der Waals surface area contributed by atoms with E-state index in [1.807, 2.05) is 13.8 Å². The van der Waals surface area contributed by atoms with E-state index in [2.05, 4.69) is 10.2 Å². The molecule has 1 fully saturated rings. The van der Waals surface area contributed by atoms with Crippen LogP contribution >= 0.6 is 0 Å². The normalized spacial score (nSPS) is 18.1. The van der Waals surface area contributed by atoms with Gasteiger partial charge >= 0.3 is 5.97 Å². The Morgan fingerprint density at radius 2 is 2.24 bits per heavy atom. The van der Waals surface area contributed by atoms with E-state index in [1.54, 1.807) is 12.1 Å². The Balaban J connectivity index is 1.91. The van der Waals surface area contributed by atoms with Gasteiger partial charge in [0.05, 0.1) is 11.1 Å². The molecule has 1 aliphatic rings. The van der Waals surface area contributed by atoms with Crippen molar-refractivity contribution < 1.29 is 19.4 Å². The number of carboxylic acids is 1. The molecule has 0 spiro atoms. The first-order valence-corrected chi connectivity index (χ1v) is 6.91. The number of benzene rings is 1. The second-order valence-corrected chi connectivity index (χ2v) is 5.48. The van der Waals surface area contributed by atoms with Crippen LogP contribution in [0.3, 0.4) is 0 Å². The molecule has 1 aliphatic heterocycles. The third kappa shape index (κ3) is 3.52. The summed E-state index contributed by atoms with van der Waals surface area (Å²) in [4.78, 5) is 24.8. The number of piperazine rings is 1. The number of hydrogen-bond donors (Lipinski definition) is 2. The van der Waals surface area contributed by atoms with Crippen molar-refractivity contribution in [3.8, 4) is 5.75 Å². The smallest absolute Gasteiger partial charge is 0.335 e. The molecule has 0 unspecified atom stereocenters. The predicted octanol–water partition coefficient (Wildman–Crippen LogP) is 0.974. The number of nitrogens with one attached hydrogen (secondary N) is 1. The Labute approximate surface area is 123 Å². The molecule has 114 valence electrons. The molecule has 1 aromatic rings. The Morgan fingerprint density at radius 1 is 1.48 bits per heavy atom. The fourth-order valence-corrected chi connectivity index (χ4v) is 2.33. The largest absolute Gasteiger partial charge is 0.492 e. The van der Waals surface area contributed by atoms with Gasteiger partial charge in [-0.1, -0.05) is 6.07 Å². The monoisotopic (exact) mass is 292 g/mol. The van der Waals surface area contributed by atoms with Crippen LogP contribution in [0.2, 0.25) is 0 Å². The minimum Gasteiger partial charge on any atom is -0.492 e. The lowest BCUT2D eigenvalue weighted by molar-refractivity contribution is -0.135. The van der Waals surface area contributed by atoms with E-state index in [0.29, 0.717) is 25.4 Å². The van der Waals surface area contributed by atoms with Crippen LogP contribution in [0, 0.1) is 0 Å². The number of aromatic carboxylic acids is 1. The molecule has 6 heteroatoms. The number of hydrogen-bond acceptors (Lipinski definition) is 4. The summed E-state index contributed by atoms with van der Waals surface area (Å²) in [6.45, 7) is 6.19. The molecule has 1 saturated heterocycles. The molecule has 0 bridgehead atoms. The van der Waals surface area contributed by atoms with Gasteiger partial charge in [0, 0.05) is 19.6 Å². The topological polar surface area (TPSA) is 78.9 Å². The highest BCUT2D eigenvalue weighted by molar-refractivity contribution is 5.88.